The van der Waals surface area contributed by atoms with Gasteiger partial charge in [-0.25, -0.2) is 4.39 Å². The van der Waals surface area contributed by atoms with Crippen molar-refractivity contribution in [2.75, 3.05) is 37.6 Å². The summed E-state index contributed by atoms with van der Waals surface area (Å²) in [5, 5.41) is 0. The number of carbonyl (C=O) groups excluding carboxylic acids is 1. The molecule has 2 saturated heterocycles. The lowest BCUT2D eigenvalue weighted by Crippen LogP contribution is -2.53. The van der Waals surface area contributed by atoms with Gasteiger partial charge in [0.25, 0.3) is 0 Å². The Morgan fingerprint density at radius 1 is 1.08 bits per heavy atom. The van der Waals surface area contributed by atoms with E-state index >= 15 is 0 Å². The maximum atomic E-state index is 13.4. The molecule has 4 nitrogen and oxygen atoms in total. The number of aryl methyl sites for hydroxylation is 1. The smallest absolute Gasteiger partial charge is 0.244 e. The van der Waals surface area contributed by atoms with Crippen LogP contribution in [0.25, 0.3) is 0 Å². The number of amides is 1. The Morgan fingerprint density at radius 2 is 1.88 bits per heavy atom. The number of hydrogen-bond acceptors (Lipinski definition) is 3. The topological polar surface area (TPSA) is 26.8 Å². The third kappa shape index (κ3) is 4.04. The summed E-state index contributed by atoms with van der Waals surface area (Å²) in [4.78, 5) is 19.9. The number of benzene rings is 1. The first-order valence-electron chi connectivity index (χ1n) is 9.53. The fourth-order valence-corrected chi connectivity index (χ4v) is 4.14. The van der Waals surface area contributed by atoms with Crippen LogP contribution in [0.1, 0.15) is 38.7 Å². The fraction of sp³-hybridized carbons (Fsp3) is 0.650. The first-order valence-corrected chi connectivity index (χ1v) is 9.53. The quantitative estimate of drug-likeness (QED) is 0.841. The van der Waals surface area contributed by atoms with E-state index in [0.29, 0.717) is 6.04 Å². The van der Waals surface area contributed by atoms with Crippen molar-refractivity contribution in [2.24, 2.45) is 0 Å². The molecule has 2 aliphatic heterocycles. The lowest BCUT2D eigenvalue weighted by Gasteiger charge is -2.38. The molecular weight excluding hydrogens is 317 g/mol. The van der Waals surface area contributed by atoms with Gasteiger partial charge in [-0.2, -0.15) is 0 Å². The molecule has 2 heterocycles. The minimum absolute atomic E-state index is 0.0367. The van der Waals surface area contributed by atoms with Crippen LogP contribution in [0.15, 0.2) is 18.2 Å². The zero-order valence-corrected chi connectivity index (χ0v) is 15.7. The summed E-state index contributed by atoms with van der Waals surface area (Å²) in [6, 6.07) is 5.23. The van der Waals surface area contributed by atoms with Gasteiger partial charge in [0, 0.05) is 37.9 Å². The van der Waals surface area contributed by atoms with Crippen molar-refractivity contribution >= 4 is 11.6 Å². The van der Waals surface area contributed by atoms with Gasteiger partial charge in [0.05, 0.1) is 6.04 Å². The van der Waals surface area contributed by atoms with E-state index in [-0.39, 0.29) is 17.8 Å². The third-order valence-electron chi connectivity index (χ3n) is 5.60. The molecule has 2 aliphatic rings. The average molecular weight is 347 g/mol. The van der Waals surface area contributed by atoms with E-state index in [1.165, 1.54) is 12.1 Å². The lowest BCUT2D eigenvalue weighted by molar-refractivity contribution is -0.125. The SMILES string of the molecule is Cc1cc(F)ccc1N1CCC[C@H](N2CCCN(C(C)C)CC2)C1=O. The van der Waals surface area contributed by atoms with Crippen molar-refractivity contribution < 1.29 is 9.18 Å². The lowest BCUT2D eigenvalue weighted by atomic mass is 10.0. The summed E-state index contributed by atoms with van der Waals surface area (Å²) < 4.78 is 13.4. The van der Waals surface area contributed by atoms with Crippen molar-refractivity contribution in [3.05, 3.63) is 29.6 Å². The van der Waals surface area contributed by atoms with Crippen LogP contribution in [0.5, 0.6) is 0 Å². The van der Waals surface area contributed by atoms with Crippen molar-refractivity contribution in [1.82, 2.24) is 9.80 Å². The zero-order chi connectivity index (χ0) is 18.0. The molecule has 1 atom stereocenters. The Kier molecular flexibility index (Phi) is 5.74. The number of rotatable bonds is 3. The summed E-state index contributed by atoms with van der Waals surface area (Å²) >= 11 is 0. The number of carbonyl (C=O) groups is 1. The Hall–Kier alpha value is -1.46. The second-order valence-corrected chi connectivity index (χ2v) is 7.60. The number of anilines is 1. The van der Waals surface area contributed by atoms with Crippen LogP contribution in [-0.2, 0) is 4.79 Å². The van der Waals surface area contributed by atoms with E-state index in [0.717, 1.165) is 63.2 Å². The number of nitrogens with zero attached hydrogens (tertiary/aromatic N) is 3. The second-order valence-electron chi connectivity index (χ2n) is 7.60. The van der Waals surface area contributed by atoms with Crippen molar-refractivity contribution in [2.45, 2.75) is 52.1 Å². The number of piperidine rings is 1. The summed E-state index contributed by atoms with van der Waals surface area (Å²) in [5.41, 5.74) is 1.69. The predicted octanol–water partition coefficient (Wildman–Crippen LogP) is 3.05. The molecule has 1 amide bonds. The van der Waals surface area contributed by atoms with Gasteiger partial charge in [-0.3, -0.25) is 14.6 Å². The van der Waals surface area contributed by atoms with E-state index < -0.39 is 0 Å². The maximum absolute atomic E-state index is 13.4. The molecular formula is C20H30FN3O. The van der Waals surface area contributed by atoms with Gasteiger partial charge in [-0.15, -0.1) is 0 Å². The number of hydrogen-bond donors (Lipinski definition) is 0. The first kappa shape index (κ1) is 18.3. The minimum Gasteiger partial charge on any atom is -0.311 e. The van der Waals surface area contributed by atoms with Crippen LogP contribution in [0, 0.1) is 12.7 Å². The summed E-state index contributed by atoms with van der Waals surface area (Å²) in [6.07, 6.45) is 3.03. The zero-order valence-electron chi connectivity index (χ0n) is 15.7. The molecule has 5 heteroatoms. The molecule has 0 bridgehead atoms. The van der Waals surface area contributed by atoms with Crippen molar-refractivity contribution in [3.63, 3.8) is 0 Å². The molecule has 3 rings (SSSR count). The third-order valence-corrected chi connectivity index (χ3v) is 5.60. The molecule has 0 N–H and O–H groups in total. The summed E-state index contributed by atoms with van der Waals surface area (Å²) in [7, 11) is 0. The Labute approximate surface area is 150 Å². The van der Waals surface area contributed by atoms with E-state index in [1.54, 1.807) is 6.07 Å². The monoisotopic (exact) mass is 347 g/mol. The molecule has 0 unspecified atom stereocenters. The van der Waals surface area contributed by atoms with Gasteiger partial charge in [0.1, 0.15) is 5.82 Å². The highest BCUT2D eigenvalue weighted by molar-refractivity contribution is 5.98. The molecule has 138 valence electrons. The van der Waals surface area contributed by atoms with Crippen LogP contribution in [0.4, 0.5) is 10.1 Å². The Bertz CT molecular complexity index is 619. The van der Waals surface area contributed by atoms with Gasteiger partial charge in [-0.05, 0) is 70.3 Å². The van der Waals surface area contributed by atoms with Gasteiger partial charge in [0.2, 0.25) is 5.91 Å². The average Bonchev–Trinajstić information content (AvgIpc) is 2.82. The molecule has 0 spiro atoms. The number of halogens is 1. The van der Waals surface area contributed by atoms with Gasteiger partial charge < -0.3 is 4.90 Å². The van der Waals surface area contributed by atoms with Crippen LogP contribution in [0.3, 0.4) is 0 Å². The maximum Gasteiger partial charge on any atom is 0.244 e. The Morgan fingerprint density at radius 3 is 2.60 bits per heavy atom. The van der Waals surface area contributed by atoms with Crippen molar-refractivity contribution in [1.29, 1.82) is 0 Å². The minimum atomic E-state index is -0.247. The molecule has 2 fully saturated rings. The van der Waals surface area contributed by atoms with Crippen LogP contribution in [-0.4, -0.2) is 60.5 Å². The van der Waals surface area contributed by atoms with E-state index in [9.17, 15) is 9.18 Å². The highest BCUT2D eigenvalue weighted by Gasteiger charge is 2.35. The van der Waals surface area contributed by atoms with E-state index in [1.807, 2.05) is 11.8 Å². The normalized spacial score (nSPS) is 24.0. The molecule has 1 aromatic rings. The first-order chi connectivity index (χ1) is 12.0. The van der Waals surface area contributed by atoms with Crippen LogP contribution in [0.2, 0.25) is 0 Å². The standard InChI is InChI=1S/C20H30FN3O/c1-15(2)22-9-5-10-23(13-12-22)19-6-4-11-24(20(19)25)18-8-7-17(21)14-16(18)3/h7-8,14-15,19H,4-6,9-13H2,1-3H3/t19-/m0/s1. The molecule has 1 aromatic carbocycles. The Balaban J connectivity index is 1.73. The summed E-state index contributed by atoms with van der Waals surface area (Å²) in [6.45, 7) is 11.1. The highest BCUT2D eigenvalue weighted by Crippen LogP contribution is 2.27. The largest absolute Gasteiger partial charge is 0.311 e. The molecule has 25 heavy (non-hydrogen) atoms. The van der Waals surface area contributed by atoms with Crippen LogP contribution >= 0.6 is 0 Å². The molecule has 0 aromatic heterocycles. The summed E-state index contributed by atoms with van der Waals surface area (Å²) in [5.74, 6) is -0.0671. The fourth-order valence-electron chi connectivity index (χ4n) is 4.14. The van der Waals surface area contributed by atoms with Gasteiger partial charge in [-0.1, -0.05) is 0 Å². The van der Waals surface area contributed by atoms with Gasteiger partial charge in [0.15, 0.2) is 0 Å². The predicted molar refractivity (Wildman–Crippen MR) is 99.4 cm³/mol. The molecule has 0 aliphatic carbocycles. The highest BCUT2D eigenvalue weighted by atomic mass is 19.1. The molecule has 0 radical (unpaired) electrons. The second kappa shape index (κ2) is 7.83. The van der Waals surface area contributed by atoms with Gasteiger partial charge >= 0.3 is 0 Å². The van der Waals surface area contributed by atoms with Crippen molar-refractivity contribution in [3.8, 4) is 0 Å². The van der Waals surface area contributed by atoms with Crippen LogP contribution < -0.4 is 4.90 Å². The molecule has 0 saturated carbocycles. The van der Waals surface area contributed by atoms with E-state index in [4.69, 9.17) is 0 Å². The van der Waals surface area contributed by atoms with E-state index in [2.05, 4.69) is 23.6 Å².